The number of hydrogen-bond donors (Lipinski definition) is 1. The number of carbonyl (C=O) groups excluding carboxylic acids is 2. The molecule has 3 rings (SSSR count). The number of nitrogens with two attached hydrogens (primary N) is 1. The predicted octanol–water partition coefficient (Wildman–Crippen LogP) is 1.46. The van der Waals surface area contributed by atoms with E-state index in [2.05, 4.69) is 17.1 Å². The largest absolute Gasteiger partial charge is 0.421 e. The Balaban J connectivity index is 1.63. The fourth-order valence-electron chi connectivity index (χ4n) is 3.24. The fraction of sp³-hybridized carbons (Fsp3) is 0.500. The molecule has 0 aliphatic carbocycles. The molecule has 1 saturated heterocycles. The monoisotopic (exact) mass is 385 g/mol. The van der Waals surface area contributed by atoms with Crippen LogP contribution in [0.15, 0.2) is 34.7 Å². The third-order valence-corrected chi connectivity index (χ3v) is 4.87. The van der Waals surface area contributed by atoms with E-state index in [0.717, 1.165) is 18.4 Å². The Hall–Kier alpha value is -2.74. The van der Waals surface area contributed by atoms with Gasteiger partial charge in [-0.05, 0) is 25.3 Å². The number of unbranched alkanes of at least 4 members (excludes halogenated alkanes) is 1. The van der Waals surface area contributed by atoms with E-state index < -0.39 is 17.4 Å². The predicted molar refractivity (Wildman–Crippen MR) is 103 cm³/mol. The minimum atomic E-state index is -0.828. The summed E-state index contributed by atoms with van der Waals surface area (Å²) in [5.74, 6) is -0.399. The quantitative estimate of drug-likeness (QED) is 0.690. The molecule has 1 aliphatic heterocycles. The van der Waals surface area contributed by atoms with Gasteiger partial charge in [0.05, 0.1) is 12.1 Å². The molecule has 8 nitrogen and oxygen atoms in total. The number of rotatable bonds is 8. The Morgan fingerprint density at radius 3 is 2.50 bits per heavy atom. The van der Waals surface area contributed by atoms with Gasteiger partial charge in [0, 0.05) is 19.6 Å². The maximum Gasteiger partial charge on any atom is 0.312 e. The van der Waals surface area contributed by atoms with E-state index in [1.807, 2.05) is 37.3 Å². The van der Waals surface area contributed by atoms with Crippen molar-refractivity contribution in [3.63, 3.8) is 0 Å². The first-order chi connectivity index (χ1) is 13.4. The average molecular weight is 385 g/mol. The van der Waals surface area contributed by atoms with E-state index in [-0.39, 0.29) is 12.4 Å². The van der Waals surface area contributed by atoms with E-state index in [0.29, 0.717) is 31.9 Å². The first-order valence-corrected chi connectivity index (χ1v) is 9.64. The van der Waals surface area contributed by atoms with Crippen LogP contribution in [0.5, 0.6) is 0 Å². The molecular weight excluding hydrogens is 358 g/mol. The molecule has 28 heavy (non-hydrogen) atoms. The normalized spacial score (nSPS) is 17.1. The number of benzene rings is 1. The summed E-state index contributed by atoms with van der Waals surface area (Å²) < 4.78 is 5.73. The van der Waals surface area contributed by atoms with E-state index in [4.69, 9.17) is 10.2 Å². The maximum absolute atomic E-state index is 12.4. The lowest BCUT2D eigenvalue weighted by Crippen LogP contribution is -2.54. The number of piperazine rings is 1. The molecule has 2 N–H and O–H groups in total. The van der Waals surface area contributed by atoms with E-state index >= 15 is 0 Å². The molecule has 0 bridgehead atoms. The van der Waals surface area contributed by atoms with Gasteiger partial charge in [-0.25, -0.2) is 0 Å². The van der Waals surface area contributed by atoms with E-state index in [1.165, 1.54) is 4.90 Å². The van der Waals surface area contributed by atoms with Crippen LogP contribution in [0.2, 0.25) is 0 Å². The first kappa shape index (κ1) is 20.0. The Morgan fingerprint density at radius 1 is 1.11 bits per heavy atom. The lowest BCUT2D eigenvalue weighted by atomic mass is 9.94. The second kappa shape index (κ2) is 8.52. The van der Waals surface area contributed by atoms with Crippen molar-refractivity contribution >= 4 is 11.8 Å². The van der Waals surface area contributed by atoms with Gasteiger partial charge in [0.2, 0.25) is 11.8 Å². The number of nitrogens with zero attached hydrogens (tertiary/aromatic N) is 4. The van der Waals surface area contributed by atoms with Gasteiger partial charge in [-0.3, -0.25) is 9.59 Å². The molecule has 2 heterocycles. The average Bonchev–Trinajstić information content (AvgIpc) is 3.15. The highest BCUT2D eigenvalue weighted by Gasteiger charge is 2.34. The second-order valence-electron chi connectivity index (χ2n) is 7.45. The Morgan fingerprint density at radius 2 is 1.79 bits per heavy atom. The summed E-state index contributed by atoms with van der Waals surface area (Å²) in [6, 6.07) is 9.83. The van der Waals surface area contributed by atoms with Gasteiger partial charge in [0.15, 0.2) is 0 Å². The van der Waals surface area contributed by atoms with Crippen molar-refractivity contribution in [1.29, 1.82) is 0 Å². The SMILES string of the molecule is CCCCN1CCN(Cc2nnc([C@@](C)(N)Cc3ccccc3)o2)C(=O)C1=O. The number of hydrogen-bond acceptors (Lipinski definition) is 6. The van der Waals surface area contributed by atoms with Crippen molar-refractivity contribution in [3.05, 3.63) is 47.7 Å². The van der Waals surface area contributed by atoms with Crippen molar-refractivity contribution in [2.75, 3.05) is 19.6 Å². The molecule has 2 aromatic rings. The van der Waals surface area contributed by atoms with Gasteiger partial charge in [-0.1, -0.05) is 43.7 Å². The summed E-state index contributed by atoms with van der Waals surface area (Å²) in [5.41, 5.74) is 6.63. The van der Waals surface area contributed by atoms with E-state index in [1.54, 1.807) is 4.90 Å². The fourth-order valence-corrected chi connectivity index (χ4v) is 3.24. The minimum absolute atomic E-state index is 0.112. The zero-order valence-electron chi connectivity index (χ0n) is 16.4. The van der Waals surface area contributed by atoms with Gasteiger partial charge < -0.3 is 20.0 Å². The first-order valence-electron chi connectivity index (χ1n) is 9.64. The van der Waals surface area contributed by atoms with Crippen LogP contribution in [0.3, 0.4) is 0 Å². The lowest BCUT2D eigenvalue weighted by Gasteiger charge is -2.33. The van der Waals surface area contributed by atoms with Crippen LogP contribution in [0.25, 0.3) is 0 Å². The zero-order valence-corrected chi connectivity index (χ0v) is 16.4. The Kier molecular flexibility index (Phi) is 6.08. The molecule has 1 aromatic carbocycles. The van der Waals surface area contributed by atoms with Crippen LogP contribution < -0.4 is 5.73 Å². The molecule has 0 unspecified atom stereocenters. The molecule has 0 spiro atoms. The van der Waals surface area contributed by atoms with Gasteiger partial charge in [0.1, 0.15) is 0 Å². The molecule has 8 heteroatoms. The highest BCUT2D eigenvalue weighted by molar-refractivity contribution is 6.35. The zero-order chi connectivity index (χ0) is 20.1. The van der Waals surface area contributed by atoms with Gasteiger partial charge in [0.25, 0.3) is 0 Å². The third-order valence-electron chi connectivity index (χ3n) is 4.87. The van der Waals surface area contributed by atoms with Crippen molar-refractivity contribution in [2.45, 2.75) is 45.2 Å². The minimum Gasteiger partial charge on any atom is -0.421 e. The summed E-state index contributed by atoms with van der Waals surface area (Å²) in [5, 5.41) is 8.10. The van der Waals surface area contributed by atoms with Crippen molar-refractivity contribution in [2.24, 2.45) is 5.73 Å². The summed E-state index contributed by atoms with van der Waals surface area (Å²) in [6.45, 7) is 5.59. The van der Waals surface area contributed by atoms with Crippen molar-refractivity contribution < 1.29 is 14.0 Å². The standard InChI is InChI=1S/C20H27N5O3/c1-3-4-10-24-11-12-25(18(27)17(24)26)14-16-22-23-19(28-16)20(2,21)13-15-8-6-5-7-9-15/h5-9H,3-4,10-14,21H2,1-2H3/t20-/m0/s1. The van der Waals surface area contributed by atoms with E-state index in [9.17, 15) is 9.59 Å². The summed E-state index contributed by atoms with van der Waals surface area (Å²) in [4.78, 5) is 27.7. The number of carbonyl (C=O) groups is 2. The van der Waals surface area contributed by atoms with Crippen LogP contribution in [0.1, 0.15) is 44.0 Å². The van der Waals surface area contributed by atoms with Crippen LogP contribution in [0, 0.1) is 0 Å². The molecule has 0 saturated carbocycles. The summed E-state index contributed by atoms with van der Waals surface area (Å²) in [6.07, 6.45) is 2.42. The molecule has 1 aliphatic rings. The van der Waals surface area contributed by atoms with Gasteiger partial charge in [-0.2, -0.15) is 0 Å². The molecule has 0 radical (unpaired) electrons. The van der Waals surface area contributed by atoms with Crippen molar-refractivity contribution in [3.8, 4) is 0 Å². The lowest BCUT2D eigenvalue weighted by molar-refractivity contribution is -0.156. The number of amides is 2. The highest BCUT2D eigenvalue weighted by atomic mass is 16.4. The van der Waals surface area contributed by atoms with Gasteiger partial charge >= 0.3 is 11.8 Å². The van der Waals surface area contributed by atoms with Crippen LogP contribution in [-0.2, 0) is 28.1 Å². The number of aromatic nitrogens is 2. The topological polar surface area (TPSA) is 106 Å². The molecule has 1 fully saturated rings. The Bertz CT molecular complexity index is 818. The second-order valence-corrected chi connectivity index (χ2v) is 7.45. The molecule has 1 atom stereocenters. The van der Waals surface area contributed by atoms with Crippen LogP contribution >= 0.6 is 0 Å². The Labute approximate surface area is 164 Å². The van der Waals surface area contributed by atoms with Crippen LogP contribution in [0.4, 0.5) is 0 Å². The molecular formula is C20H27N5O3. The third kappa shape index (κ3) is 4.56. The summed E-state index contributed by atoms with van der Waals surface area (Å²) >= 11 is 0. The highest BCUT2D eigenvalue weighted by Crippen LogP contribution is 2.22. The smallest absolute Gasteiger partial charge is 0.312 e. The maximum atomic E-state index is 12.4. The van der Waals surface area contributed by atoms with Gasteiger partial charge in [-0.15, -0.1) is 10.2 Å². The molecule has 2 amide bonds. The summed E-state index contributed by atoms with van der Waals surface area (Å²) in [7, 11) is 0. The molecule has 1 aromatic heterocycles. The molecule has 150 valence electrons. The van der Waals surface area contributed by atoms with Crippen molar-refractivity contribution in [1.82, 2.24) is 20.0 Å². The van der Waals surface area contributed by atoms with Crippen LogP contribution in [-0.4, -0.2) is 51.4 Å².